The van der Waals surface area contributed by atoms with Gasteiger partial charge in [0, 0.05) is 20.9 Å². The number of aryl methyl sites for hydroxylation is 2. The normalized spacial score (nSPS) is 11.5. The lowest BCUT2D eigenvalue weighted by Crippen LogP contribution is -2.05. The number of hydrogen-bond acceptors (Lipinski definition) is 5. The Morgan fingerprint density at radius 1 is 0.613 bits per heavy atom. The van der Waals surface area contributed by atoms with Crippen LogP contribution in [0.25, 0.3) is 33.5 Å². The summed E-state index contributed by atoms with van der Waals surface area (Å²) in [5.74, 6) is 1.71. The van der Waals surface area contributed by atoms with Gasteiger partial charge in [-0.3, -0.25) is 0 Å². The highest BCUT2D eigenvalue weighted by Gasteiger charge is 2.17. The topological polar surface area (TPSA) is 44.2 Å². The van der Waals surface area contributed by atoms with Crippen LogP contribution in [0.5, 0.6) is 11.5 Å². The molecule has 0 saturated heterocycles. The van der Waals surface area contributed by atoms with Gasteiger partial charge < -0.3 is 9.47 Å². The summed E-state index contributed by atoms with van der Waals surface area (Å²) >= 11 is 1.74. The van der Waals surface area contributed by atoms with Crippen LogP contribution < -0.4 is 9.47 Å². The van der Waals surface area contributed by atoms with E-state index in [1.165, 1.54) is 9.75 Å². The SMILES string of the molecule is Cc1sc(C)c2nc(-c3ccc(OC(C)C)cc3)c(-c3ccc(OC(C)C)cc3)nc12. The highest BCUT2D eigenvalue weighted by atomic mass is 32.1. The first-order valence-electron chi connectivity index (χ1n) is 10.6. The van der Waals surface area contributed by atoms with Gasteiger partial charge in [-0.25, -0.2) is 9.97 Å². The van der Waals surface area contributed by atoms with Crippen molar-refractivity contribution in [2.24, 2.45) is 0 Å². The zero-order valence-corrected chi connectivity index (χ0v) is 19.7. The maximum absolute atomic E-state index is 5.81. The average Bonchev–Trinajstić information content (AvgIpc) is 3.00. The summed E-state index contributed by atoms with van der Waals surface area (Å²) in [4.78, 5) is 12.5. The van der Waals surface area contributed by atoms with Crippen molar-refractivity contribution in [2.45, 2.75) is 53.8 Å². The standard InChI is InChI=1S/C26H28N2O2S/c1-15(2)29-21-11-7-19(8-12-21)25-26(20-9-13-22(14-10-20)30-16(3)4)28-24-18(6)31-17(5)23(24)27-25/h7-16H,1-6H3. The second kappa shape index (κ2) is 8.67. The van der Waals surface area contributed by atoms with E-state index in [4.69, 9.17) is 19.4 Å². The Labute approximate surface area is 187 Å². The molecule has 2 heterocycles. The molecule has 0 radical (unpaired) electrons. The molecule has 2 aromatic heterocycles. The summed E-state index contributed by atoms with van der Waals surface area (Å²) in [6.07, 6.45) is 0.279. The van der Waals surface area contributed by atoms with Gasteiger partial charge in [-0.2, -0.15) is 0 Å². The van der Waals surface area contributed by atoms with Crippen molar-refractivity contribution in [3.05, 3.63) is 58.3 Å². The van der Waals surface area contributed by atoms with Crippen LogP contribution in [0.1, 0.15) is 37.4 Å². The molecule has 0 amide bonds. The van der Waals surface area contributed by atoms with Gasteiger partial charge in [0.25, 0.3) is 0 Å². The van der Waals surface area contributed by atoms with Crippen LogP contribution in [-0.4, -0.2) is 22.2 Å². The summed E-state index contributed by atoms with van der Waals surface area (Å²) in [6, 6.07) is 16.2. The van der Waals surface area contributed by atoms with Gasteiger partial charge in [-0.1, -0.05) is 0 Å². The van der Waals surface area contributed by atoms with Gasteiger partial charge in [0.15, 0.2) is 0 Å². The molecule has 0 aliphatic rings. The minimum Gasteiger partial charge on any atom is -0.491 e. The van der Waals surface area contributed by atoms with E-state index < -0.39 is 0 Å². The van der Waals surface area contributed by atoms with Gasteiger partial charge in [-0.05, 0) is 90.1 Å². The number of thiophene rings is 1. The Morgan fingerprint density at radius 2 is 0.968 bits per heavy atom. The first-order chi connectivity index (χ1) is 14.8. The van der Waals surface area contributed by atoms with Crippen molar-refractivity contribution in [2.75, 3.05) is 0 Å². The fourth-order valence-corrected chi connectivity index (χ4v) is 4.52. The fourth-order valence-electron chi connectivity index (χ4n) is 3.58. The molecule has 160 valence electrons. The summed E-state index contributed by atoms with van der Waals surface area (Å²) < 4.78 is 11.6. The van der Waals surface area contributed by atoms with E-state index in [-0.39, 0.29) is 12.2 Å². The number of rotatable bonds is 6. The summed E-state index contributed by atoms with van der Waals surface area (Å²) in [5, 5.41) is 0. The van der Waals surface area contributed by atoms with E-state index in [1.54, 1.807) is 11.3 Å². The largest absolute Gasteiger partial charge is 0.491 e. The summed E-state index contributed by atoms with van der Waals surface area (Å²) in [7, 11) is 0. The van der Waals surface area contributed by atoms with Crippen molar-refractivity contribution in [3.8, 4) is 34.0 Å². The summed E-state index contributed by atoms with van der Waals surface area (Å²) in [5.41, 5.74) is 5.74. The van der Waals surface area contributed by atoms with E-state index in [1.807, 2.05) is 52.0 Å². The highest BCUT2D eigenvalue weighted by molar-refractivity contribution is 7.13. The molecule has 0 fully saturated rings. The molecule has 31 heavy (non-hydrogen) atoms. The van der Waals surface area contributed by atoms with E-state index in [2.05, 4.69) is 38.1 Å². The molecule has 0 N–H and O–H groups in total. The first kappa shape index (κ1) is 21.3. The van der Waals surface area contributed by atoms with E-state index in [0.29, 0.717) is 0 Å². The monoisotopic (exact) mass is 432 g/mol. The van der Waals surface area contributed by atoms with Crippen LogP contribution in [0.2, 0.25) is 0 Å². The molecule has 4 nitrogen and oxygen atoms in total. The third-order valence-electron chi connectivity index (χ3n) is 4.87. The van der Waals surface area contributed by atoms with Gasteiger partial charge in [0.1, 0.15) is 22.5 Å². The van der Waals surface area contributed by atoms with Crippen LogP contribution in [0.3, 0.4) is 0 Å². The quantitative estimate of drug-likeness (QED) is 0.323. The molecule has 0 spiro atoms. The molecule has 0 unspecified atom stereocenters. The Kier molecular flexibility index (Phi) is 5.96. The summed E-state index contributed by atoms with van der Waals surface area (Å²) in [6.45, 7) is 12.3. The molecule has 0 bridgehead atoms. The molecular formula is C26H28N2O2S. The maximum atomic E-state index is 5.81. The maximum Gasteiger partial charge on any atom is 0.119 e. The molecule has 0 aliphatic carbocycles. The second-order valence-electron chi connectivity index (χ2n) is 8.21. The van der Waals surface area contributed by atoms with E-state index in [9.17, 15) is 0 Å². The molecule has 0 aliphatic heterocycles. The fraction of sp³-hybridized carbons (Fsp3) is 0.308. The van der Waals surface area contributed by atoms with Crippen molar-refractivity contribution in [1.29, 1.82) is 0 Å². The molecular weight excluding hydrogens is 404 g/mol. The number of hydrogen-bond donors (Lipinski definition) is 0. The molecule has 4 rings (SSSR count). The number of nitrogens with zero attached hydrogens (tertiary/aromatic N) is 2. The van der Waals surface area contributed by atoms with Crippen LogP contribution in [-0.2, 0) is 0 Å². The van der Waals surface area contributed by atoms with Crippen molar-refractivity contribution in [3.63, 3.8) is 0 Å². The zero-order valence-electron chi connectivity index (χ0n) is 18.9. The number of aromatic nitrogens is 2. The minimum absolute atomic E-state index is 0.139. The first-order valence-corrected chi connectivity index (χ1v) is 11.5. The Hall–Kier alpha value is -2.92. The molecule has 0 saturated carbocycles. The van der Waals surface area contributed by atoms with Crippen LogP contribution in [0.15, 0.2) is 48.5 Å². The van der Waals surface area contributed by atoms with E-state index in [0.717, 1.165) is 45.0 Å². The average molecular weight is 433 g/mol. The Morgan fingerprint density at radius 3 is 1.29 bits per heavy atom. The van der Waals surface area contributed by atoms with Crippen LogP contribution >= 0.6 is 11.3 Å². The molecule has 4 aromatic rings. The minimum atomic E-state index is 0.139. The van der Waals surface area contributed by atoms with Crippen LogP contribution in [0, 0.1) is 13.8 Å². The lowest BCUT2D eigenvalue weighted by Gasteiger charge is -2.13. The second-order valence-corrected chi connectivity index (χ2v) is 9.64. The van der Waals surface area contributed by atoms with Crippen molar-refractivity contribution >= 4 is 22.4 Å². The predicted molar refractivity (Wildman–Crippen MR) is 129 cm³/mol. The molecule has 0 atom stereocenters. The van der Waals surface area contributed by atoms with E-state index >= 15 is 0 Å². The van der Waals surface area contributed by atoms with Crippen molar-refractivity contribution in [1.82, 2.24) is 9.97 Å². The van der Waals surface area contributed by atoms with Gasteiger partial charge in [0.05, 0.1) is 23.6 Å². The number of ether oxygens (including phenoxy) is 2. The Balaban J connectivity index is 1.84. The van der Waals surface area contributed by atoms with Gasteiger partial charge in [-0.15, -0.1) is 11.3 Å². The molecule has 2 aromatic carbocycles. The highest BCUT2D eigenvalue weighted by Crippen LogP contribution is 2.36. The predicted octanol–water partition coefficient (Wildman–Crippen LogP) is 7.22. The lowest BCUT2D eigenvalue weighted by molar-refractivity contribution is 0.242. The van der Waals surface area contributed by atoms with Gasteiger partial charge in [0.2, 0.25) is 0 Å². The third kappa shape index (κ3) is 4.57. The van der Waals surface area contributed by atoms with Gasteiger partial charge >= 0.3 is 0 Å². The Bertz CT molecular complexity index is 1100. The number of fused-ring (bicyclic) bond motifs is 1. The van der Waals surface area contributed by atoms with Crippen molar-refractivity contribution < 1.29 is 9.47 Å². The smallest absolute Gasteiger partial charge is 0.119 e. The number of benzene rings is 2. The lowest BCUT2D eigenvalue weighted by atomic mass is 10.0. The van der Waals surface area contributed by atoms with Crippen LogP contribution in [0.4, 0.5) is 0 Å². The molecule has 5 heteroatoms. The third-order valence-corrected chi connectivity index (χ3v) is 5.87. The zero-order chi connectivity index (χ0) is 22.1.